The molecule has 5 heteroatoms. The minimum Gasteiger partial charge on any atom is -0.439 e. The van der Waals surface area contributed by atoms with Crippen LogP contribution in [0.3, 0.4) is 0 Å². The van der Waals surface area contributed by atoms with Crippen LogP contribution in [0.1, 0.15) is 20.8 Å². The molecule has 13 heavy (non-hydrogen) atoms. The first-order valence-corrected chi connectivity index (χ1v) is 3.85. The molecule has 80 valence electrons. The summed E-state index contributed by atoms with van der Waals surface area (Å²) in [6.45, 7) is 4.40. The number of carbonyl (C=O) groups is 1. The van der Waals surface area contributed by atoms with Crippen molar-refractivity contribution in [2.24, 2.45) is 5.41 Å². The van der Waals surface area contributed by atoms with E-state index in [9.17, 15) is 4.79 Å². The fourth-order valence-electron chi connectivity index (χ4n) is 0.141. The highest BCUT2D eigenvalue weighted by molar-refractivity contribution is 5.65. The van der Waals surface area contributed by atoms with E-state index in [4.69, 9.17) is 15.3 Å². The van der Waals surface area contributed by atoms with Crippen LogP contribution in [0.4, 0.5) is 0 Å². The quantitative estimate of drug-likeness (QED) is 0.416. The fourth-order valence-corrected chi connectivity index (χ4v) is 0.141. The van der Waals surface area contributed by atoms with Crippen LogP contribution in [0, 0.1) is 5.41 Å². The van der Waals surface area contributed by atoms with Crippen molar-refractivity contribution in [3.8, 4) is 0 Å². The monoisotopic (exact) mass is 194 g/mol. The first kappa shape index (κ1) is 14.9. The highest BCUT2D eigenvalue weighted by Crippen LogP contribution is 2.10. The summed E-state index contributed by atoms with van der Waals surface area (Å²) in [5.41, 5.74) is -0.306. The zero-order valence-corrected chi connectivity index (χ0v) is 8.28. The Labute approximate surface area is 78.0 Å². The van der Waals surface area contributed by atoms with Gasteiger partial charge >= 0.3 is 5.97 Å². The summed E-state index contributed by atoms with van der Waals surface area (Å²) >= 11 is 0. The molecule has 0 aromatic carbocycles. The van der Waals surface area contributed by atoms with E-state index >= 15 is 0 Å². The van der Waals surface area contributed by atoms with E-state index < -0.39 is 12.8 Å². The molecule has 0 unspecified atom stereocenters. The standard InChI is InChI=1S/C5H12O2.C3H6O3/c1-5(2,3-6)4-7;1-3(5)6-2-4/h6-7H,3-4H2,1-2H3;4H,2H2,1H3. The van der Waals surface area contributed by atoms with Crippen molar-refractivity contribution in [1.82, 2.24) is 0 Å². The third-order valence-corrected chi connectivity index (χ3v) is 1.12. The van der Waals surface area contributed by atoms with Crippen LogP contribution in [0.5, 0.6) is 0 Å². The maximum Gasteiger partial charge on any atom is 0.304 e. The second-order valence-corrected chi connectivity index (χ2v) is 3.25. The van der Waals surface area contributed by atoms with Gasteiger partial charge in [-0.2, -0.15) is 0 Å². The summed E-state index contributed by atoms with van der Waals surface area (Å²) in [4.78, 5) is 9.66. The lowest BCUT2D eigenvalue weighted by atomic mass is 9.97. The normalized spacial score (nSPS) is 10.0. The van der Waals surface area contributed by atoms with E-state index in [-0.39, 0.29) is 18.6 Å². The first-order chi connectivity index (χ1) is 5.89. The SMILES string of the molecule is CC(=O)OCO.CC(C)(CO)CO. The van der Waals surface area contributed by atoms with Crippen LogP contribution in [0.2, 0.25) is 0 Å². The predicted molar refractivity (Wildman–Crippen MR) is 46.8 cm³/mol. The van der Waals surface area contributed by atoms with Crippen LogP contribution in [0.25, 0.3) is 0 Å². The first-order valence-electron chi connectivity index (χ1n) is 3.85. The Kier molecular flexibility index (Phi) is 9.11. The van der Waals surface area contributed by atoms with Gasteiger partial charge in [0.15, 0.2) is 6.79 Å². The van der Waals surface area contributed by atoms with Crippen molar-refractivity contribution in [3.63, 3.8) is 0 Å². The molecule has 0 spiro atoms. The molecule has 0 radical (unpaired) electrons. The summed E-state index contributed by atoms with van der Waals surface area (Å²) in [7, 11) is 0. The van der Waals surface area contributed by atoms with Gasteiger partial charge in [-0.1, -0.05) is 13.8 Å². The largest absolute Gasteiger partial charge is 0.439 e. The van der Waals surface area contributed by atoms with E-state index in [2.05, 4.69) is 4.74 Å². The maximum absolute atomic E-state index is 9.66. The molecule has 0 atom stereocenters. The molecule has 0 saturated heterocycles. The summed E-state index contributed by atoms with van der Waals surface area (Å²) in [5, 5.41) is 24.7. The number of aliphatic hydroxyl groups excluding tert-OH is 3. The molecule has 0 saturated carbocycles. The molecule has 0 aliphatic heterocycles. The number of hydrogen-bond donors (Lipinski definition) is 3. The molecule has 0 amide bonds. The predicted octanol–water partition coefficient (Wildman–Crippen LogP) is -0.503. The number of ether oxygens (including phenoxy) is 1. The van der Waals surface area contributed by atoms with Crippen LogP contribution in [-0.2, 0) is 9.53 Å². The summed E-state index contributed by atoms with van der Waals surface area (Å²) in [5.74, 6) is -0.461. The molecule has 0 bridgehead atoms. The molecule has 0 aromatic heterocycles. The summed E-state index contributed by atoms with van der Waals surface area (Å²) in [6.07, 6.45) is 0. The lowest BCUT2D eigenvalue weighted by Gasteiger charge is -2.16. The van der Waals surface area contributed by atoms with Gasteiger partial charge in [0.2, 0.25) is 0 Å². The molecule has 5 nitrogen and oxygen atoms in total. The van der Waals surface area contributed by atoms with Gasteiger partial charge in [0.05, 0.1) is 13.2 Å². The Morgan fingerprint density at radius 2 is 1.62 bits per heavy atom. The Balaban J connectivity index is 0. The smallest absolute Gasteiger partial charge is 0.304 e. The van der Waals surface area contributed by atoms with Crippen LogP contribution in [-0.4, -0.2) is 41.3 Å². The van der Waals surface area contributed by atoms with E-state index in [0.717, 1.165) is 0 Å². The van der Waals surface area contributed by atoms with Gasteiger partial charge in [0.25, 0.3) is 0 Å². The Hall–Kier alpha value is -0.650. The maximum atomic E-state index is 9.66. The highest BCUT2D eigenvalue weighted by Gasteiger charge is 2.13. The highest BCUT2D eigenvalue weighted by atomic mass is 16.6. The lowest BCUT2D eigenvalue weighted by Crippen LogP contribution is -2.20. The molecule has 0 aliphatic rings. The van der Waals surface area contributed by atoms with Gasteiger partial charge in [-0.05, 0) is 0 Å². The fraction of sp³-hybridized carbons (Fsp3) is 0.875. The Morgan fingerprint density at radius 3 is 1.62 bits per heavy atom. The molecule has 0 heterocycles. The molecule has 0 fully saturated rings. The molecular formula is C8H18O5. The van der Waals surface area contributed by atoms with Gasteiger partial charge in [0.1, 0.15) is 0 Å². The number of rotatable bonds is 3. The van der Waals surface area contributed by atoms with Gasteiger partial charge in [-0.25, -0.2) is 0 Å². The minimum atomic E-state index is -0.519. The number of hydrogen-bond acceptors (Lipinski definition) is 5. The van der Waals surface area contributed by atoms with Gasteiger partial charge < -0.3 is 20.1 Å². The van der Waals surface area contributed by atoms with E-state index in [1.165, 1.54) is 6.92 Å². The molecule has 0 aromatic rings. The zero-order chi connectivity index (χ0) is 10.9. The third-order valence-electron chi connectivity index (χ3n) is 1.12. The van der Waals surface area contributed by atoms with E-state index in [0.29, 0.717) is 0 Å². The van der Waals surface area contributed by atoms with Crippen molar-refractivity contribution in [2.45, 2.75) is 20.8 Å². The average Bonchev–Trinajstić information content (AvgIpc) is 2.05. The number of esters is 1. The van der Waals surface area contributed by atoms with Gasteiger partial charge in [-0.15, -0.1) is 0 Å². The van der Waals surface area contributed by atoms with Crippen molar-refractivity contribution in [3.05, 3.63) is 0 Å². The molecule has 0 aliphatic carbocycles. The summed E-state index contributed by atoms with van der Waals surface area (Å²) < 4.78 is 3.96. The van der Waals surface area contributed by atoms with Crippen LogP contribution < -0.4 is 0 Å². The zero-order valence-electron chi connectivity index (χ0n) is 8.28. The Bertz CT molecular complexity index is 126. The van der Waals surface area contributed by atoms with Gasteiger partial charge in [-0.3, -0.25) is 4.79 Å². The molecule has 3 N–H and O–H groups in total. The van der Waals surface area contributed by atoms with Crippen molar-refractivity contribution in [1.29, 1.82) is 0 Å². The van der Waals surface area contributed by atoms with Crippen molar-refractivity contribution < 1.29 is 24.9 Å². The summed E-state index contributed by atoms with van der Waals surface area (Å²) in [6, 6.07) is 0. The Morgan fingerprint density at radius 1 is 1.23 bits per heavy atom. The lowest BCUT2D eigenvalue weighted by molar-refractivity contribution is -0.148. The second-order valence-electron chi connectivity index (χ2n) is 3.25. The number of aliphatic hydroxyl groups is 3. The number of carbonyl (C=O) groups excluding carboxylic acids is 1. The van der Waals surface area contributed by atoms with Crippen molar-refractivity contribution >= 4 is 5.97 Å². The van der Waals surface area contributed by atoms with Crippen LogP contribution >= 0.6 is 0 Å². The molecular weight excluding hydrogens is 176 g/mol. The third kappa shape index (κ3) is 14.2. The minimum absolute atomic E-state index is 0.0451. The van der Waals surface area contributed by atoms with E-state index in [1.54, 1.807) is 13.8 Å². The molecule has 0 rings (SSSR count). The topological polar surface area (TPSA) is 87.0 Å². The average molecular weight is 194 g/mol. The van der Waals surface area contributed by atoms with Crippen LogP contribution in [0.15, 0.2) is 0 Å². The van der Waals surface area contributed by atoms with Crippen molar-refractivity contribution in [2.75, 3.05) is 20.0 Å². The van der Waals surface area contributed by atoms with E-state index in [1.807, 2.05) is 0 Å². The van der Waals surface area contributed by atoms with Gasteiger partial charge in [0, 0.05) is 12.3 Å². The second kappa shape index (κ2) is 7.97.